The third kappa shape index (κ3) is 1.30. The predicted octanol–water partition coefficient (Wildman–Crippen LogP) is 0.886. The van der Waals surface area contributed by atoms with E-state index in [2.05, 4.69) is 24.0 Å². The fourth-order valence-corrected chi connectivity index (χ4v) is 2.89. The van der Waals surface area contributed by atoms with Crippen molar-refractivity contribution in [2.45, 2.75) is 38.0 Å². The molecule has 0 saturated heterocycles. The zero-order chi connectivity index (χ0) is 12.3. The Morgan fingerprint density at radius 2 is 2.18 bits per heavy atom. The van der Waals surface area contributed by atoms with Crippen molar-refractivity contribution in [1.29, 1.82) is 0 Å². The number of hydrogen-bond donors (Lipinski definition) is 2. The molecule has 2 aliphatic rings. The first-order chi connectivity index (χ1) is 7.94. The number of benzene rings is 1. The van der Waals surface area contributed by atoms with Crippen molar-refractivity contribution in [2.75, 3.05) is 0 Å². The van der Waals surface area contributed by atoms with Crippen LogP contribution in [0.2, 0.25) is 0 Å². The van der Waals surface area contributed by atoms with Crippen molar-refractivity contribution in [3.05, 3.63) is 34.9 Å². The Bertz CT molecular complexity index is 522. The Kier molecular flexibility index (Phi) is 1.88. The molecule has 1 aliphatic carbocycles. The van der Waals surface area contributed by atoms with E-state index in [-0.39, 0.29) is 6.02 Å². The number of nitrogens with two attached hydrogens (primary N) is 1. The number of ether oxygens (including phenoxy) is 1. The molecule has 1 spiro atoms. The molecule has 3 N–H and O–H groups in total. The second-order valence-corrected chi connectivity index (χ2v) is 5.13. The van der Waals surface area contributed by atoms with Crippen LogP contribution in [0.1, 0.15) is 23.6 Å². The second-order valence-electron chi connectivity index (χ2n) is 5.13. The maximum atomic E-state index is 10.4. The van der Waals surface area contributed by atoms with Crippen molar-refractivity contribution in [3.63, 3.8) is 0 Å². The van der Waals surface area contributed by atoms with Gasteiger partial charge in [-0.05, 0) is 23.6 Å². The van der Waals surface area contributed by atoms with E-state index in [9.17, 15) is 5.11 Å². The average molecular weight is 232 g/mol. The van der Waals surface area contributed by atoms with Crippen molar-refractivity contribution in [2.24, 2.45) is 10.7 Å². The molecule has 1 aliphatic heterocycles. The standard InChI is InChI=1S/C13H16N2O2/c1-8-4-3-5-9-6-13(7-10(8)9)12(2,16)17-11(14)15-13/h3-5,16H,6-7H2,1-2H3,(H2,14,15). The Morgan fingerprint density at radius 1 is 1.41 bits per heavy atom. The topological polar surface area (TPSA) is 67.8 Å². The summed E-state index contributed by atoms with van der Waals surface area (Å²) in [6, 6.07) is 6.28. The minimum Gasteiger partial charge on any atom is -0.431 e. The molecule has 17 heavy (non-hydrogen) atoms. The van der Waals surface area contributed by atoms with E-state index in [4.69, 9.17) is 10.5 Å². The van der Waals surface area contributed by atoms with Gasteiger partial charge in [0.05, 0.1) is 0 Å². The number of amidine groups is 1. The largest absolute Gasteiger partial charge is 0.431 e. The van der Waals surface area contributed by atoms with Gasteiger partial charge in [0.2, 0.25) is 5.79 Å². The summed E-state index contributed by atoms with van der Waals surface area (Å²) in [7, 11) is 0. The Hall–Kier alpha value is -1.55. The lowest BCUT2D eigenvalue weighted by Gasteiger charge is -2.31. The third-order valence-electron chi connectivity index (χ3n) is 3.95. The molecule has 90 valence electrons. The van der Waals surface area contributed by atoms with Gasteiger partial charge in [0.15, 0.2) is 0 Å². The van der Waals surface area contributed by atoms with Gasteiger partial charge in [0.25, 0.3) is 6.02 Å². The van der Waals surface area contributed by atoms with Crippen molar-refractivity contribution in [1.82, 2.24) is 0 Å². The van der Waals surface area contributed by atoms with E-state index < -0.39 is 11.3 Å². The molecule has 1 aromatic rings. The molecule has 0 amide bonds. The average Bonchev–Trinajstić information content (AvgIpc) is 2.67. The van der Waals surface area contributed by atoms with Gasteiger partial charge in [-0.2, -0.15) is 0 Å². The van der Waals surface area contributed by atoms with E-state index >= 15 is 0 Å². The van der Waals surface area contributed by atoms with Crippen LogP contribution in [0.5, 0.6) is 0 Å². The summed E-state index contributed by atoms with van der Waals surface area (Å²) < 4.78 is 5.24. The number of nitrogens with zero attached hydrogens (tertiary/aromatic N) is 1. The minimum absolute atomic E-state index is 0.0838. The number of aryl methyl sites for hydroxylation is 1. The molecule has 3 rings (SSSR count). The molecule has 0 bridgehead atoms. The summed E-state index contributed by atoms with van der Waals surface area (Å²) in [5.74, 6) is -1.32. The van der Waals surface area contributed by atoms with Crippen LogP contribution in [0.15, 0.2) is 23.2 Å². The summed E-state index contributed by atoms with van der Waals surface area (Å²) >= 11 is 0. The van der Waals surface area contributed by atoms with Crippen LogP contribution in [0.4, 0.5) is 0 Å². The molecular formula is C13H16N2O2. The molecule has 0 radical (unpaired) electrons. The lowest BCUT2D eigenvalue weighted by atomic mass is 9.88. The summed E-state index contributed by atoms with van der Waals surface area (Å²) in [5.41, 5.74) is 8.68. The highest BCUT2D eigenvalue weighted by Gasteiger charge is 2.57. The molecular weight excluding hydrogens is 216 g/mol. The van der Waals surface area contributed by atoms with Crippen LogP contribution in [0, 0.1) is 6.92 Å². The number of hydrogen-bond acceptors (Lipinski definition) is 4. The maximum absolute atomic E-state index is 10.4. The first kappa shape index (κ1) is 10.6. The first-order valence-electron chi connectivity index (χ1n) is 5.78. The highest BCUT2D eigenvalue weighted by Crippen LogP contribution is 2.44. The summed E-state index contributed by atoms with van der Waals surface area (Å²) in [6.07, 6.45) is 1.36. The molecule has 2 unspecified atom stereocenters. The zero-order valence-corrected chi connectivity index (χ0v) is 10.0. The quantitative estimate of drug-likeness (QED) is 0.698. The first-order valence-corrected chi connectivity index (χ1v) is 5.78. The molecule has 1 heterocycles. The van der Waals surface area contributed by atoms with Gasteiger partial charge in [-0.1, -0.05) is 18.2 Å². The maximum Gasteiger partial charge on any atom is 0.285 e. The van der Waals surface area contributed by atoms with Crippen LogP contribution >= 0.6 is 0 Å². The lowest BCUT2D eigenvalue weighted by Crippen LogP contribution is -2.49. The normalized spacial score (nSPS) is 34.6. The zero-order valence-electron chi connectivity index (χ0n) is 10.0. The highest BCUT2D eigenvalue weighted by molar-refractivity contribution is 5.75. The SMILES string of the molecule is Cc1cccc2c1CC1(C2)N=C(N)OC1(C)O. The Labute approximate surface area is 100 Å². The van der Waals surface area contributed by atoms with Crippen molar-refractivity contribution < 1.29 is 9.84 Å². The van der Waals surface area contributed by atoms with Gasteiger partial charge >= 0.3 is 0 Å². The van der Waals surface area contributed by atoms with E-state index in [1.807, 2.05) is 6.07 Å². The number of rotatable bonds is 0. The van der Waals surface area contributed by atoms with Crippen LogP contribution in [0.25, 0.3) is 0 Å². The van der Waals surface area contributed by atoms with E-state index in [0.29, 0.717) is 12.8 Å². The van der Waals surface area contributed by atoms with Gasteiger partial charge in [-0.25, -0.2) is 4.99 Å². The number of aliphatic hydroxyl groups is 1. The Balaban J connectivity index is 2.09. The van der Waals surface area contributed by atoms with Crippen LogP contribution in [-0.2, 0) is 17.6 Å². The number of fused-ring (bicyclic) bond motifs is 1. The van der Waals surface area contributed by atoms with Crippen molar-refractivity contribution >= 4 is 6.02 Å². The minimum atomic E-state index is -1.32. The molecule has 4 heteroatoms. The van der Waals surface area contributed by atoms with Crippen LogP contribution < -0.4 is 5.73 Å². The van der Waals surface area contributed by atoms with E-state index in [1.54, 1.807) is 6.92 Å². The van der Waals surface area contributed by atoms with E-state index in [1.165, 1.54) is 16.7 Å². The lowest BCUT2D eigenvalue weighted by molar-refractivity contribution is -0.162. The molecule has 0 aromatic heterocycles. The fraction of sp³-hybridized carbons (Fsp3) is 0.462. The summed E-state index contributed by atoms with van der Waals surface area (Å²) in [5, 5.41) is 10.4. The fourth-order valence-electron chi connectivity index (χ4n) is 2.89. The van der Waals surface area contributed by atoms with Gasteiger partial charge in [-0.3, -0.25) is 0 Å². The second kappa shape index (κ2) is 3.01. The monoisotopic (exact) mass is 232 g/mol. The molecule has 0 fully saturated rings. The van der Waals surface area contributed by atoms with Gasteiger partial charge < -0.3 is 15.6 Å². The molecule has 0 saturated carbocycles. The highest BCUT2D eigenvalue weighted by atomic mass is 16.6. The third-order valence-corrected chi connectivity index (χ3v) is 3.95. The predicted molar refractivity (Wildman–Crippen MR) is 64.6 cm³/mol. The smallest absolute Gasteiger partial charge is 0.285 e. The molecule has 4 nitrogen and oxygen atoms in total. The summed E-state index contributed by atoms with van der Waals surface area (Å²) in [6.45, 7) is 3.72. The van der Waals surface area contributed by atoms with Gasteiger partial charge in [-0.15, -0.1) is 0 Å². The van der Waals surface area contributed by atoms with Gasteiger partial charge in [0, 0.05) is 19.8 Å². The van der Waals surface area contributed by atoms with E-state index in [0.717, 1.165) is 0 Å². The summed E-state index contributed by atoms with van der Waals surface area (Å²) in [4.78, 5) is 4.35. The Morgan fingerprint density at radius 3 is 2.76 bits per heavy atom. The van der Waals surface area contributed by atoms with Crippen molar-refractivity contribution in [3.8, 4) is 0 Å². The van der Waals surface area contributed by atoms with Crippen LogP contribution in [0.3, 0.4) is 0 Å². The molecule has 1 aromatic carbocycles. The van der Waals surface area contributed by atoms with Crippen LogP contribution in [-0.4, -0.2) is 22.5 Å². The molecule has 2 atom stereocenters. The van der Waals surface area contributed by atoms with Gasteiger partial charge in [0.1, 0.15) is 5.54 Å². The number of aliphatic imine (C=N–C) groups is 1.